The topological polar surface area (TPSA) is 104 Å². The molecular formula is C10H5FN2O4. The minimum atomic E-state index is -1.59. The van der Waals surface area contributed by atoms with Crippen molar-refractivity contribution in [2.45, 2.75) is 0 Å². The first-order valence-corrected chi connectivity index (χ1v) is 4.24. The molecule has 0 aromatic heterocycles. The van der Waals surface area contributed by atoms with E-state index < -0.39 is 28.0 Å². The summed E-state index contributed by atoms with van der Waals surface area (Å²) in [6.07, 6.45) is 1.95. The van der Waals surface area contributed by atoms with Crippen molar-refractivity contribution in [2.24, 2.45) is 0 Å². The summed E-state index contributed by atoms with van der Waals surface area (Å²) in [6, 6.07) is 2.92. The Hall–Kier alpha value is -2.75. The highest BCUT2D eigenvalue weighted by Gasteiger charge is 2.22. The van der Waals surface area contributed by atoms with Crippen LogP contribution in [0.5, 0.6) is 0 Å². The van der Waals surface area contributed by atoms with Crippen LogP contribution in [0.25, 0.3) is 6.08 Å². The predicted octanol–water partition coefficient (Wildman–Crippen LogP) is 1.97. The van der Waals surface area contributed by atoms with E-state index in [1.807, 2.05) is 0 Å². The molecule has 0 fully saturated rings. The van der Waals surface area contributed by atoms with E-state index in [1.165, 1.54) is 0 Å². The fraction of sp³-hybridized carbons (Fsp3) is 0. The van der Waals surface area contributed by atoms with Gasteiger partial charge in [0, 0.05) is 17.7 Å². The predicted molar refractivity (Wildman–Crippen MR) is 54.7 cm³/mol. The van der Waals surface area contributed by atoms with Gasteiger partial charge in [0.05, 0.1) is 11.0 Å². The summed E-state index contributed by atoms with van der Waals surface area (Å²) in [4.78, 5) is 20.3. The molecule has 86 valence electrons. The number of halogens is 1. The molecule has 0 atom stereocenters. The first-order valence-electron chi connectivity index (χ1n) is 4.24. The van der Waals surface area contributed by atoms with Gasteiger partial charge in [-0.05, 0) is 12.1 Å². The first-order chi connectivity index (χ1) is 7.97. The van der Waals surface area contributed by atoms with E-state index in [0.29, 0.717) is 6.07 Å². The highest BCUT2D eigenvalue weighted by Crippen LogP contribution is 2.23. The summed E-state index contributed by atoms with van der Waals surface area (Å²) in [5, 5.41) is 27.5. The molecule has 1 N–H and O–H groups in total. The van der Waals surface area contributed by atoms with Gasteiger partial charge in [0.25, 0.3) is 5.69 Å². The lowest BCUT2D eigenvalue weighted by atomic mass is 10.1. The van der Waals surface area contributed by atoms with Gasteiger partial charge in [-0.3, -0.25) is 10.1 Å². The third kappa shape index (κ3) is 2.63. The second-order valence-corrected chi connectivity index (χ2v) is 2.92. The van der Waals surface area contributed by atoms with E-state index in [9.17, 15) is 19.3 Å². The third-order valence-electron chi connectivity index (χ3n) is 1.88. The molecule has 0 spiro atoms. The molecule has 1 aromatic rings. The molecule has 1 aromatic carbocycles. The maximum absolute atomic E-state index is 13.3. The minimum Gasteiger partial charge on any atom is -0.477 e. The maximum atomic E-state index is 13.3. The van der Waals surface area contributed by atoms with Crippen molar-refractivity contribution in [2.75, 3.05) is 0 Å². The fourth-order valence-corrected chi connectivity index (χ4v) is 1.16. The van der Waals surface area contributed by atoms with Gasteiger partial charge in [0.15, 0.2) is 0 Å². The third-order valence-corrected chi connectivity index (χ3v) is 1.88. The summed E-state index contributed by atoms with van der Waals surface area (Å²) in [6.45, 7) is 0. The SMILES string of the molecule is N#CC=Cc1cc([N+](=O)[O-])c(C(=O)O)cc1F. The van der Waals surface area contributed by atoms with Crippen LogP contribution in [0.3, 0.4) is 0 Å². The molecule has 0 heterocycles. The van der Waals surface area contributed by atoms with Gasteiger partial charge in [0.2, 0.25) is 0 Å². The zero-order valence-electron chi connectivity index (χ0n) is 8.25. The van der Waals surface area contributed by atoms with Gasteiger partial charge in [-0.15, -0.1) is 0 Å². The van der Waals surface area contributed by atoms with Crippen LogP contribution in [0.15, 0.2) is 18.2 Å². The highest BCUT2D eigenvalue weighted by molar-refractivity contribution is 5.92. The Morgan fingerprint density at radius 3 is 2.71 bits per heavy atom. The average Bonchev–Trinajstić information content (AvgIpc) is 2.26. The van der Waals surface area contributed by atoms with Crippen molar-refractivity contribution in [3.05, 3.63) is 45.3 Å². The highest BCUT2D eigenvalue weighted by atomic mass is 19.1. The van der Waals surface area contributed by atoms with Gasteiger partial charge in [0.1, 0.15) is 11.4 Å². The fourth-order valence-electron chi connectivity index (χ4n) is 1.16. The summed E-state index contributed by atoms with van der Waals surface area (Å²) in [5.41, 5.74) is -1.68. The van der Waals surface area contributed by atoms with Gasteiger partial charge in [-0.2, -0.15) is 5.26 Å². The lowest BCUT2D eigenvalue weighted by Gasteiger charge is -2.01. The van der Waals surface area contributed by atoms with Gasteiger partial charge < -0.3 is 5.11 Å². The molecule has 17 heavy (non-hydrogen) atoms. The number of nitrogens with zero attached hydrogens (tertiary/aromatic N) is 2. The van der Waals surface area contributed by atoms with E-state index in [-0.39, 0.29) is 5.56 Å². The molecule has 0 aliphatic carbocycles. The number of hydrogen-bond acceptors (Lipinski definition) is 4. The van der Waals surface area contributed by atoms with Crippen LogP contribution in [-0.4, -0.2) is 16.0 Å². The monoisotopic (exact) mass is 236 g/mol. The Bertz CT molecular complexity index is 560. The van der Waals surface area contributed by atoms with Crippen molar-refractivity contribution in [3.63, 3.8) is 0 Å². The second-order valence-electron chi connectivity index (χ2n) is 2.92. The van der Waals surface area contributed by atoms with E-state index in [1.54, 1.807) is 6.07 Å². The smallest absolute Gasteiger partial charge is 0.342 e. The number of nitro benzene ring substituents is 1. The zero-order valence-corrected chi connectivity index (χ0v) is 8.25. The molecular weight excluding hydrogens is 231 g/mol. The molecule has 0 aliphatic heterocycles. The van der Waals surface area contributed by atoms with Crippen LogP contribution in [0.4, 0.5) is 10.1 Å². The van der Waals surface area contributed by atoms with Gasteiger partial charge in [-0.1, -0.05) is 0 Å². The number of nitro groups is 1. The Morgan fingerprint density at radius 2 is 2.24 bits per heavy atom. The molecule has 0 radical (unpaired) electrons. The summed E-state index contributed by atoms with van der Waals surface area (Å²) < 4.78 is 13.3. The number of carboxylic acids is 1. The maximum Gasteiger partial charge on any atom is 0.342 e. The lowest BCUT2D eigenvalue weighted by Crippen LogP contribution is -2.04. The molecule has 6 nitrogen and oxygen atoms in total. The van der Waals surface area contributed by atoms with E-state index >= 15 is 0 Å². The van der Waals surface area contributed by atoms with Crippen molar-refractivity contribution >= 4 is 17.7 Å². The average molecular weight is 236 g/mol. The van der Waals surface area contributed by atoms with Gasteiger partial charge >= 0.3 is 5.97 Å². The Balaban J connectivity index is 3.46. The summed E-state index contributed by atoms with van der Waals surface area (Å²) in [5.74, 6) is -2.54. The molecule has 0 aliphatic rings. The van der Waals surface area contributed by atoms with Crippen molar-refractivity contribution < 1.29 is 19.2 Å². The summed E-state index contributed by atoms with van der Waals surface area (Å²) in [7, 11) is 0. The Kier molecular flexibility index (Phi) is 3.51. The number of carbonyl (C=O) groups is 1. The van der Waals surface area contributed by atoms with Crippen LogP contribution in [0.2, 0.25) is 0 Å². The minimum absolute atomic E-state index is 0.219. The molecule has 0 saturated heterocycles. The number of hydrogen-bond donors (Lipinski definition) is 1. The molecule has 1 rings (SSSR count). The number of allylic oxidation sites excluding steroid dienone is 1. The van der Waals surface area contributed by atoms with Crippen molar-refractivity contribution in [1.29, 1.82) is 5.26 Å². The molecule has 0 saturated carbocycles. The van der Waals surface area contributed by atoms with Crippen molar-refractivity contribution in [3.8, 4) is 6.07 Å². The molecule has 0 bridgehead atoms. The van der Waals surface area contributed by atoms with Crippen LogP contribution in [0.1, 0.15) is 15.9 Å². The number of carboxylic acid groups (broad SMARTS) is 1. The standard InChI is InChI=1S/C10H5FN2O4/c11-8-5-7(10(14)15)9(13(16)17)4-6(8)2-1-3-12/h1-2,4-5H,(H,14,15). The zero-order chi connectivity index (χ0) is 13.0. The normalized spacial score (nSPS) is 10.1. The Morgan fingerprint density at radius 1 is 1.59 bits per heavy atom. The Labute approximate surface area is 94.4 Å². The van der Waals surface area contributed by atoms with Crippen LogP contribution in [-0.2, 0) is 0 Å². The first kappa shape index (κ1) is 12.3. The number of rotatable bonds is 3. The van der Waals surface area contributed by atoms with Crippen molar-refractivity contribution in [1.82, 2.24) is 0 Å². The number of aromatic carboxylic acids is 1. The van der Waals surface area contributed by atoms with E-state index in [0.717, 1.165) is 18.2 Å². The lowest BCUT2D eigenvalue weighted by molar-refractivity contribution is -0.385. The molecule has 7 heteroatoms. The quantitative estimate of drug-likeness (QED) is 0.490. The molecule has 0 amide bonds. The largest absolute Gasteiger partial charge is 0.477 e. The van der Waals surface area contributed by atoms with Gasteiger partial charge in [-0.25, -0.2) is 9.18 Å². The summed E-state index contributed by atoms with van der Waals surface area (Å²) >= 11 is 0. The van der Waals surface area contributed by atoms with Crippen LogP contribution < -0.4 is 0 Å². The number of nitriles is 1. The number of benzene rings is 1. The van der Waals surface area contributed by atoms with Crippen LogP contribution >= 0.6 is 0 Å². The van der Waals surface area contributed by atoms with E-state index in [2.05, 4.69) is 0 Å². The molecule has 0 unspecified atom stereocenters. The second kappa shape index (κ2) is 4.85. The van der Waals surface area contributed by atoms with Crippen LogP contribution in [0, 0.1) is 27.3 Å². The van der Waals surface area contributed by atoms with E-state index in [4.69, 9.17) is 10.4 Å².